The fourth-order valence-corrected chi connectivity index (χ4v) is 4.22. The summed E-state index contributed by atoms with van der Waals surface area (Å²) in [5.41, 5.74) is 6.78. The van der Waals surface area contributed by atoms with Crippen LogP contribution >= 0.6 is 0 Å². The smallest absolute Gasteiger partial charge is 0.260 e. The van der Waals surface area contributed by atoms with E-state index in [-0.39, 0.29) is 31.2 Å². The number of anilines is 2. The summed E-state index contributed by atoms with van der Waals surface area (Å²) in [4.78, 5) is 30.8. The highest BCUT2D eigenvalue weighted by atomic mass is 19.3. The third kappa shape index (κ3) is 4.60. The van der Waals surface area contributed by atoms with Gasteiger partial charge in [0.2, 0.25) is 5.91 Å². The number of amides is 1. The van der Waals surface area contributed by atoms with Gasteiger partial charge in [-0.25, -0.2) is 18.6 Å². The second-order valence-corrected chi connectivity index (χ2v) is 8.25. The minimum absolute atomic E-state index is 0.0856. The second kappa shape index (κ2) is 9.80. The van der Waals surface area contributed by atoms with E-state index in [0.29, 0.717) is 36.0 Å². The number of halogens is 2. The summed E-state index contributed by atoms with van der Waals surface area (Å²) >= 11 is 0. The van der Waals surface area contributed by atoms with Crippen molar-refractivity contribution in [3.8, 4) is 17.1 Å². The highest BCUT2D eigenvalue weighted by Gasteiger charge is 2.38. The first-order chi connectivity index (χ1) is 16.3. The van der Waals surface area contributed by atoms with E-state index < -0.39 is 24.4 Å². The molecular formula is C22H26F2N6O4. The van der Waals surface area contributed by atoms with Crippen molar-refractivity contribution in [3.63, 3.8) is 0 Å². The molecule has 0 aliphatic carbocycles. The summed E-state index contributed by atoms with van der Waals surface area (Å²) in [6, 6.07) is 3.29. The van der Waals surface area contributed by atoms with Crippen LogP contribution < -0.4 is 20.7 Å². The molecule has 0 spiro atoms. The Morgan fingerprint density at radius 3 is 2.91 bits per heavy atom. The van der Waals surface area contributed by atoms with Gasteiger partial charge in [-0.05, 0) is 19.2 Å². The highest BCUT2D eigenvalue weighted by molar-refractivity contribution is 5.83. The van der Waals surface area contributed by atoms with Crippen LogP contribution in [0.3, 0.4) is 0 Å². The number of aromatic nitrogens is 2. The standard InChI is InChI=1S/C22H26F2N6O4/c1-28-8-14(11-31)30(17(9-28)20(23)24)19-10-29-5-6-34-18-7-13(3-4-15(18)22(29)27-19)26-16(12-33-2)21(25)32/h3-4,7,10,16-17,20,26H,5-6,8-9,12H2,1-2H3,(H2,25,32)/t16-,17-/m0/s1. The van der Waals surface area contributed by atoms with Gasteiger partial charge in [0.05, 0.1) is 18.7 Å². The van der Waals surface area contributed by atoms with Gasteiger partial charge in [-0.2, -0.15) is 0 Å². The topological polar surface area (TPSA) is 115 Å². The van der Waals surface area contributed by atoms with Crippen LogP contribution in [0.4, 0.5) is 20.3 Å². The van der Waals surface area contributed by atoms with E-state index in [1.165, 1.54) is 12.0 Å². The SMILES string of the molecule is COC[C@H](Nc1ccc2c(c1)OCCn1cc(N3C(=C=O)CN(C)C[C@H]3C(F)F)nc1-2)C(N)=O. The fraction of sp³-hybridized carbons (Fsp3) is 0.455. The molecule has 2 aliphatic rings. The summed E-state index contributed by atoms with van der Waals surface area (Å²) in [7, 11) is 3.15. The fourth-order valence-electron chi connectivity index (χ4n) is 4.22. The highest BCUT2D eigenvalue weighted by Crippen LogP contribution is 2.37. The van der Waals surface area contributed by atoms with Crippen molar-refractivity contribution in [1.29, 1.82) is 0 Å². The Morgan fingerprint density at radius 2 is 2.24 bits per heavy atom. The number of carbonyl (C=O) groups is 1. The van der Waals surface area contributed by atoms with Crippen LogP contribution in [-0.2, 0) is 20.9 Å². The first-order valence-corrected chi connectivity index (χ1v) is 10.7. The predicted molar refractivity (Wildman–Crippen MR) is 121 cm³/mol. The van der Waals surface area contributed by atoms with Crippen LogP contribution in [0.1, 0.15) is 0 Å². The molecule has 1 amide bonds. The molecule has 12 heteroatoms. The quantitative estimate of drug-likeness (QED) is 0.568. The maximum atomic E-state index is 13.9. The molecule has 1 aromatic heterocycles. The number of hydrogen-bond donors (Lipinski definition) is 2. The number of ether oxygens (including phenoxy) is 2. The number of nitrogens with one attached hydrogen (secondary N) is 1. The van der Waals surface area contributed by atoms with Crippen molar-refractivity contribution in [2.24, 2.45) is 5.73 Å². The molecule has 1 fully saturated rings. The van der Waals surface area contributed by atoms with Gasteiger partial charge in [0.15, 0.2) is 5.82 Å². The van der Waals surface area contributed by atoms with E-state index in [1.807, 2.05) is 10.5 Å². The Kier molecular flexibility index (Phi) is 6.82. The number of primary amides is 1. The maximum Gasteiger partial charge on any atom is 0.260 e. The van der Waals surface area contributed by atoms with Gasteiger partial charge in [-0.15, -0.1) is 0 Å². The number of fused-ring (bicyclic) bond motifs is 3. The number of imidazole rings is 1. The largest absolute Gasteiger partial charge is 0.491 e. The van der Waals surface area contributed by atoms with Crippen molar-refractivity contribution >= 4 is 23.4 Å². The van der Waals surface area contributed by atoms with E-state index in [4.69, 9.17) is 15.2 Å². The lowest BCUT2D eigenvalue weighted by Crippen LogP contribution is -2.54. The number of benzene rings is 1. The molecule has 0 radical (unpaired) electrons. The molecule has 4 rings (SSSR count). The van der Waals surface area contributed by atoms with Crippen LogP contribution in [0, 0.1) is 0 Å². The number of carbonyl (C=O) groups excluding carboxylic acids is 2. The summed E-state index contributed by atoms with van der Waals surface area (Å²) < 4.78 is 40.5. The molecular weight excluding hydrogens is 450 g/mol. The minimum Gasteiger partial charge on any atom is -0.491 e. The molecule has 34 heavy (non-hydrogen) atoms. The molecule has 0 unspecified atom stereocenters. The van der Waals surface area contributed by atoms with Crippen molar-refractivity contribution in [1.82, 2.24) is 14.5 Å². The van der Waals surface area contributed by atoms with Gasteiger partial charge in [-0.1, -0.05) is 0 Å². The number of piperazine rings is 1. The Labute approximate surface area is 194 Å². The number of methoxy groups -OCH3 is 1. The summed E-state index contributed by atoms with van der Waals surface area (Å²) in [5.74, 6) is 2.55. The van der Waals surface area contributed by atoms with Gasteiger partial charge < -0.3 is 30.0 Å². The third-order valence-corrected chi connectivity index (χ3v) is 5.79. The summed E-state index contributed by atoms with van der Waals surface area (Å²) in [6.45, 7) is 1.13. The summed E-state index contributed by atoms with van der Waals surface area (Å²) in [5, 5.41) is 3.02. The predicted octanol–water partition coefficient (Wildman–Crippen LogP) is 0.956. The average Bonchev–Trinajstić information content (AvgIpc) is 3.13. The van der Waals surface area contributed by atoms with Gasteiger partial charge in [0.25, 0.3) is 6.43 Å². The lowest BCUT2D eigenvalue weighted by Gasteiger charge is -2.39. The van der Waals surface area contributed by atoms with E-state index in [2.05, 4.69) is 10.3 Å². The number of alkyl halides is 2. The van der Waals surface area contributed by atoms with Crippen LogP contribution in [-0.4, -0.2) is 85.3 Å². The van der Waals surface area contributed by atoms with Gasteiger partial charge in [0.1, 0.15) is 41.9 Å². The zero-order valence-electron chi connectivity index (χ0n) is 18.8. The molecule has 1 aromatic carbocycles. The lowest BCUT2D eigenvalue weighted by molar-refractivity contribution is -0.119. The molecule has 3 heterocycles. The van der Waals surface area contributed by atoms with Crippen molar-refractivity contribution in [3.05, 3.63) is 30.1 Å². The maximum absolute atomic E-state index is 13.9. The second-order valence-electron chi connectivity index (χ2n) is 8.25. The molecule has 10 nitrogen and oxygen atoms in total. The van der Waals surface area contributed by atoms with E-state index in [1.54, 1.807) is 36.3 Å². The Balaban J connectivity index is 1.69. The first kappa shape index (κ1) is 23.7. The molecule has 2 aromatic rings. The van der Waals surface area contributed by atoms with Gasteiger partial charge >= 0.3 is 0 Å². The molecule has 3 N–H and O–H groups in total. The summed E-state index contributed by atoms with van der Waals surface area (Å²) in [6.07, 6.45) is -1.03. The van der Waals surface area contributed by atoms with Crippen molar-refractivity contribution in [2.75, 3.05) is 50.7 Å². The van der Waals surface area contributed by atoms with Crippen LogP contribution in [0.25, 0.3) is 11.4 Å². The molecule has 0 saturated carbocycles. The normalized spacial score (nSPS) is 19.0. The van der Waals surface area contributed by atoms with Crippen LogP contribution in [0.15, 0.2) is 30.1 Å². The van der Waals surface area contributed by atoms with E-state index in [0.717, 1.165) is 0 Å². The molecule has 2 aliphatic heterocycles. The molecule has 1 saturated heterocycles. The Morgan fingerprint density at radius 1 is 1.44 bits per heavy atom. The Hall–Kier alpha value is -3.47. The van der Waals surface area contributed by atoms with E-state index >= 15 is 0 Å². The van der Waals surface area contributed by atoms with Crippen molar-refractivity contribution in [2.45, 2.75) is 25.1 Å². The van der Waals surface area contributed by atoms with Gasteiger partial charge in [0, 0.05) is 38.1 Å². The minimum atomic E-state index is -2.68. The zero-order chi connectivity index (χ0) is 24.4. The third-order valence-electron chi connectivity index (χ3n) is 5.79. The lowest BCUT2D eigenvalue weighted by atomic mass is 10.1. The van der Waals surface area contributed by atoms with E-state index in [9.17, 15) is 18.4 Å². The average molecular weight is 476 g/mol. The number of rotatable bonds is 7. The number of likely N-dealkylation sites (N-methyl/N-ethyl adjacent to an activating group) is 1. The van der Waals surface area contributed by atoms with Gasteiger partial charge in [-0.3, -0.25) is 9.69 Å². The number of nitrogens with zero attached hydrogens (tertiary/aromatic N) is 4. The molecule has 2 atom stereocenters. The molecule has 182 valence electrons. The number of nitrogens with two attached hydrogens (primary N) is 1. The first-order valence-electron chi connectivity index (χ1n) is 10.7. The number of hydrogen-bond acceptors (Lipinski definition) is 8. The van der Waals surface area contributed by atoms with Crippen LogP contribution in [0.2, 0.25) is 0 Å². The van der Waals surface area contributed by atoms with Crippen LogP contribution in [0.5, 0.6) is 5.75 Å². The van der Waals surface area contributed by atoms with Crippen molar-refractivity contribution < 1.29 is 27.8 Å². The zero-order valence-corrected chi connectivity index (χ0v) is 18.8. The Bertz CT molecular complexity index is 1120. The monoisotopic (exact) mass is 476 g/mol. The molecule has 0 bridgehead atoms.